The van der Waals surface area contributed by atoms with Gasteiger partial charge in [-0.25, -0.2) is 4.79 Å². The molecule has 1 unspecified atom stereocenters. The second-order valence-corrected chi connectivity index (χ2v) is 5.70. The molecule has 6 heteroatoms. The van der Waals surface area contributed by atoms with Crippen molar-refractivity contribution in [1.82, 2.24) is 10.2 Å². The van der Waals surface area contributed by atoms with Gasteiger partial charge in [-0.05, 0) is 43.5 Å². The lowest BCUT2D eigenvalue weighted by Crippen LogP contribution is -2.38. The van der Waals surface area contributed by atoms with Gasteiger partial charge in [-0.2, -0.15) is 0 Å². The van der Waals surface area contributed by atoms with Crippen LogP contribution in [-0.4, -0.2) is 43.1 Å². The quantitative estimate of drug-likeness (QED) is 0.913. The fraction of sp³-hybridized carbons (Fsp3) is 0.467. The van der Waals surface area contributed by atoms with E-state index in [1.165, 1.54) is 7.11 Å². The summed E-state index contributed by atoms with van der Waals surface area (Å²) < 4.78 is 4.67. The molecular formula is C15H19ClN2O3. The lowest BCUT2D eigenvalue weighted by atomic mass is 10.1. The minimum atomic E-state index is -0.365. The Morgan fingerprint density at radius 2 is 2.00 bits per heavy atom. The Morgan fingerprint density at radius 1 is 1.33 bits per heavy atom. The van der Waals surface area contributed by atoms with Crippen molar-refractivity contribution in [3.63, 3.8) is 0 Å². The molecule has 2 rings (SSSR count). The number of amides is 2. The number of methoxy groups -OCH3 is 1. The Labute approximate surface area is 129 Å². The van der Waals surface area contributed by atoms with E-state index in [9.17, 15) is 9.59 Å². The molecule has 1 fully saturated rings. The largest absolute Gasteiger partial charge is 0.453 e. The first-order valence-corrected chi connectivity index (χ1v) is 7.20. The fourth-order valence-electron chi connectivity index (χ4n) is 2.39. The number of nitrogens with one attached hydrogen (secondary N) is 1. The lowest BCUT2D eigenvalue weighted by Gasteiger charge is -2.16. The van der Waals surface area contributed by atoms with E-state index in [1.807, 2.05) is 13.8 Å². The van der Waals surface area contributed by atoms with Crippen molar-refractivity contribution in [3.05, 3.63) is 33.8 Å². The van der Waals surface area contributed by atoms with E-state index in [1.54, 1.807) is 17.0 Å². The highest BCUT2D eigenvalue weighted by atomic mass is 35.5. The summed E-state index contributed by atoms with van der Waals surface area (Å²) in [6, 6.07) is 3.51. The van der Waals surface area contributed by atoms with Gasteiger partial charge in [0, 0.05) is 19.1 Å². The molecule has 114 valence electrons. The Balaban J connectivity index is 2.03. The minimum Gasteiger partial charge on any atom is -0.453 e. The number of ether oxygens (including phenoxy) is 1. The Morgan fingerprint density at radius 3 is 2.67 bits per heavy atom. The van der Waals surface area contributed by atoms with Crippen molar-refractivity contribution < 1.29 is 14.3 Å². The van der Waals surface area contributed by atoms with Crippen LogP contribution in [0.15, 0.2) is 12.1 Å². The Hall–Kier alpha value is -1.75. The summed E-state index contributed by atoms with van der Waals surface area (Å²) in [6.45, 7) is 4.93. The van der Waals surface area contributed by atoms with Crippen LogP contribution in [0.1, 0.15) is 27.9 Å². The summed E-state index contributed by atoms with van der Waals surface area (Å²) in [6.07, 6.45) is 0.347. The van der Waals surface area contributed by atoms with Crippen molar-refractivity contribution in [1.29, 1.82) is 0 Å². The summed E-state index contributed by atoms with van der Waals surface area (Å²) in [5.74, 6) is -0.209. The van der Waals surface area contributed by atoms with Gasteiger partial charge in [0.2, 0.25) is 0 Å². The van der Waals surface area contributed by atoms with Crippen LogP contribution >= 0.6 is 11.6 Å². The molecule has 1 aliphatic rings. The molecule has 0 spiro atoms. The Kier molecular flexibility index (Phi) is 4.73. The van der Waals surface area contributed by atoms with Gasteiger partial charge in [-0.3, -0.25) is 4.79 Å². The van der Waals surface area contributed by atoms with Crippen LogP contribution in [0.25, 0.3) is 0 Å². The van der Waals surface area contributed by atoms with Gasteiger partial charge >= 0.3 is 6.09 Å². The molecule has 1 aromatic rings. The zero-order chi connectivity index (χ0) is 15.6. The molecule has 1 N–H and O–H groups in total. The first-order valence-electron chi connectivity index (χ1n) is 6.83. The predicted octanol–water partition coefficient (Wildman–Crippen LogP) is 2.53. The second kappa shape index (κ2) is 6.35. The number of nitrogens with zero attached hydrogens (tertiary/aromatic N) is 1. The molecule has 2 amide bonds. The molecule has 0 bridgehead atoms. The van der Waals surface area contributed by atoms with Gasteiger partial charge in [-0.15, -0.1) is 0 Å². The molecule has 1 aliphatic heterocycles. The van der Waals surface area contributed by atoms with E-state index < -0.39 is 0 Å². The maximum absolute atomic E-state index is 12.3. The minimum absolute atomic E-state index is 0.0747. The van der Waals surface area contributed by atoms with Crippen LogP contribution in [0.4, 0.5) is 4.79 Å². The normalized spacial score (nSPS) is 17.7. The van der Waals surface area contributed by atoms with Crippen LogP contribution in [0.2, 0.25) is 5.02 Å². The highest BCUT2D eigenvalue weighted by Gasteiger charge is 2.28. The van der Waals surface area contributed by atoms with Crippen LogP contribution in [0, 0.1) is 13.8 Å². The molecule has 21 heavy (non-hydrogen) atoms. The van der Waals surface area contributed by atoms with Crippen LogP contribution in [0.5, 0.6) is 0 Å². The summed E-state index contributed by atoms with van der Waals surface area (Å²) in [7, 11) is 1.35. The predicted molar refractivity (Wildman–Crippen MR) is 80.8 cm³/mol. The van der Waals surface area contributed by atoms with E-state index in [-0.39, 0.29) is 18.0 Å². The van der Waals surface area contributed by atoms with E-state index in [0.717, 1.165) is 11.1 Å². The number of aryl methyl sites for hydroxylation is 2. The van der Waals surface area contributed by atoms with E-state index in [2.05, 4.69) is 10.1 Å². The fourth-order valence-corrected chi connectivity index (χ4v) is 2.70. The van der Waals surface area contributed by atoms with E-state index >= 15 is 0 Å². The zero-order valence-corrected chi connectivity index (χ0v) is 13.2. The number of carbonyl (C=O) groups is 2. The van der Waals surface area contributed by atoms with E-state index in [0.29, 0.717) is 30.1 Å². The first kappa shape index (κ1) is 15.6. The van der Waals surface area contributed by atoms with Crippen molar-refractivity contribution in [3.8, 4) is 0 Å². The molecule has 1 heterocycles. The summed E-state index contributed by atoms with van der Waals surface area (Å²) >= 11 is 6.14. The van der Waals surface area contributed by atoms with Gasteiger partial charge in [-0.1, -0.05) is 11.6 Å². The van der Waals surface area contributed by atoms with Gasteiger partial charge in [0.15, 0.2) is 0 Å². The monoisotopic (exact) mass is 310 g/mol. The standard InChI is InChI=1S/C15H19ClN2O3/c1-9-6-12(13(16)7-10(9)2)14(19)17-11-4-5-18(8-11)15(20)21-3/h6-7,11H,4-5,8H2,1-3H3,(H,17,19). The van der Waals surface area contributed by atoms with Crippen molar-refractivity contribution in [2.24, 2.45) is 0 Å². The van der Waals surface area contributed by atoms with E-state index in [4.69, 9.17) is 11.6 Å². The van der Waals surface area contributed by atoms with Crippen molar-refractivity contribution in [2.45, 2.75) is 26.3 Å². The lowest BCUT2D eigenvalue weighted by molar-refractivity contribution is 0.0934. The van der Waals surface area contributed by atoms with Crippen LogP contribution < -0.4 is 5.32 Å². The molecule has 0 radical (unpaired) electrons. The average molecular weight is 311 g/mol. The van der Waals surface area contributed by atoms with Crippen molar-refractivity contribution >= 4 is 23.6 Å². The SMILES string of the molecule is COC(=O)N1CCC(NC(=O)c2cc(C)c(C)cc2Cl)C1. The zero-order valence-electron chi connectivity index (χ0n) is 12.4. The number of hydrogen-bond acceptors (Lipinski definition) is 3. The summed E-state index contributed by atoms with van der Waals surface area (Å²) in [4.78, 5) is 25.3. The maximum Gasteiger partial charge on any atom is 0.409 e. The highest BCUT2D eigenvalue weighted by Crippen LogP contribution is 2.21. The highest BCUT2D eigenvalue weighted by molar-refractivity contribution is 6.34. The first-order chi connectivity index (χ1) is 9.92. The molecule has 5 nitrogen and oxygen atoms in total. The third-order valence-electron chi connectivity index (χ3n) is 3.78. The molecule has 0 aromatic heterocycles. The smallest absolute Gasteiger partial charge is 0.409 e. The number of likely N-dealkylation sites (tertiary alicyclic amines) is 1. The number of halogens is 1. The average Bonchev–Trinajstić information content (AvgIpc) is 2.90. The molecule has 0 saturated carbocycles. The van der Waals surface area contributed by atoms with Gasteiger partial charge in [0.05, 0.1) is 17.7 Å². The number of benzene rings is 1. The Bertz CT molecular complexity index is 574. The summed E-state index contributed by atoms with van der Waals surface area (Å²) in [5, 5.41) is 3.36. The molecule has 1 atom stereocenters. The number of hydrogen-bond donors (Lipinski definition) is 1. The molecule has 1 aromatic carbocycles. The molecular weight excluding hydrogens is 292 g/mol. The van der Waals surface area contributed by atoms with Gasteiger partial charge in [0.1, 0.15) is 0 Å². The van der Waals surface area contributed by atoms with Crippen molar-refractivity contribution in [2.75, 3.05) is 20.2 Å². The molecule has 0 aliphatic carbocycles. The molecule has 1 saturated heterocycles. The third-order valence-corrected chi connectivity index (χ3v) is 4.10. The summed E-state index contributed by atoms with van der Waals surface area (Å²) in [5.41, 5.74) is 2.54. The second-order valence-electron chi connectivity index (χ2n) is 5.29. The topological polar surface area (TPSA) is 58.6 Å². The van der Waals surface area contributed by atoms with Gasteiger partial charge < -0.3 is 15.0 Å². The third kappa shape index (κ3) is 3.47. The van der Waals surface area contributed by atoms with Crippen LogP contribution in [0.3, 0.4) is 0 Å². The van der Waals surface area contributed by atoms with Gasteiger partial charge in [0.25, 0.3) is 5.91 Å². The maximum atomic E-state index is 12.3. The number of carbonyl (C=O) groups excluding carboxylic acids is 2. The van der Waals surface area contributed by atoms with Crippen LogP contribution in [-0.2, 0) is 4.74 Å². The number of rotatable bonds is 2.